The number of benzene rings is 2. The molecule has 1 amide bonds. The summed E-state index contributed by atoms with van der Waals surface area (Å²) in [4.78, 5) is 20.1. The molecule has 1 aliphatic carbocycles. The first-order valence-electron chi connectivity index (χ1n) is 11.3. The maximum atomic E-state index is 13.8. The van der Waals surface area contributed by atoms with Crippen molar-refractivity contribution in [3.63, 3.8) is 0 Å². The Bertz CT molecular complexity index is 1290. The molecule has 0 unspecified atom stereocenters. The largest absolute Gasteiger partial charge is 0.366 e. The van der Waals surface area contributed by atoms with Gasteiger partial charge in [0.2, 0.25) is 0 Å². The Labute approximate surface area is 191 Å². The van der Waals surface area contributed by atoms with Crippen LogP contribution in [-0.4, -0.2) is 22.4 Å². The van der Waals surface area contributed by atoms with Crippen LogP contribution in [0.2, 0.25) is 0 Å². The molecule has 0 saturated heterocycles. The lowest BCUT2D eigenvalue weighted by molar-refractivity contribution is 0.0943. The smallest absolute Gasteiger partial charge is 0.253 e. The second kappa shape index (κ2) is 9.14. The SMILES string of the molecule is O=C(NCC1CCC(c2ccnc3ccc(F)cc23)CC1)c1c[nH]cc1-c1cccc(F)c1. The van der Waals surface area contributed by atoms with Crippen LogP contribution in [0, 0.1) is 17.6 Å². The van der Waals surface area contributed by atoms with Crippen LogP contribution in [0.5, 0.6) is 0 Å². The van der Waals surface area contributed by atoms with E-state index in [1.54, 1.807) is 42.9 Å². The highest BCUT2D eigenvalue weighted by Gasteiger charge is 2.25. The summed E-state index contributed by atoms with van der Waals surface area (Å²) in [6, 6.07) is 13.0. The van der Waals surface area contributed by atoms with Gasteiger partial charge in [0.05, 0.1) is 11.1 Å². The predicted molar refractivity (Wildman–Crippen MR) is 125 cm³/mol. The number of nitrogens with zero attached hydrogens (tertiary/aromatic N) is 1. The molecule has 1 saturated carbocycles. The van der Waals surface area contributed by atoms with Gasteiger partial charge in [-0.05, 0) is 85.0 Å². The number of rotatable bonds is 5. The Morgan fingerprint density at radius 3 is 2.64 bits per heavy atom. The van der Waals surface area contributed by atoms with E-state index in [1.165, 1.54) is 18.2 Å². The summed E-state index contributed by atoms with van der Waals surface area (Å²) >= 11 is 0. The molecule has 5 rings (SSSR count). The lowest BCUT2D eigenvalue weighted by Crippen LogP contribution is -2.31. The predicted octanol–water partition coefficient (Wildman–Crippen LogP) is 6.21. The summed E-state index contributed by atoms with van der Waals surface area (Å²) < 4.78 is 27.4. The Morgan fingerprint density at radius 2 is 1.82 bits per heavy atom. The fourth-order valence-electron chi connectivity index (χ4n) is 4.95. The van der Waals surface area contributed by atoms with E-state index in [0.717, 1.165) is 42.1 Å². The number of carbonyl (C=O) groups is 1. The lowest BCUT2D eigenvalue weighted by atomic mass is 9.78. The highest BCUT2D eigenvalue weighted by molar-refractivity contribution is 6.00. The van der Waals surface area contributed by atoms with Crippen LogP contribution in [0.1, 0.15) is 47.5 Å². The second-order valence-electron chi connectivity index (χ2n) is 8.78. The summed E-state index contributed by atoms with van der Waals surface area (Å²) in [7, 11) is 0. The average molecular weight is 446 g/mol. The number of nitrogens with one attached hydrogen (secondary N) is 2. The molecule has 0 bridgehead atoms. The van der Waals surface area contributed by atoms with E-state index in [4.69, 9.17) is 0 Å². The van der Waals surface area contributed by atoms with Gasteiger partial charge in [-0.3, -0.25) is 9.78 Å². The number of carbonyl (C=O) groups excluding carboxylic acids is 1. The summed E-state index contributed by atoms with van der Waals surface area (Å²) in [6.45, 7) is 0.602. The zero-order valence-corrected chi connectivity index (χ0v) is 18.2. The van der Waals surface area contributed by atoms with Gasteiger partial charge in [0, 0.05) is 36.1 Å². The van der Waals surface area contributed by atoms with Crippen molar-refractivity contribution in [2.75, 3.05) is 6.54 Å². The van der Waals surface area contributed by atoms with Crippen molar-refractivity contribution in [1.29, 1.82) is 0 Å². The molecular formula is C27H25F2N3O. The van der Waals surface area contributed by atoms with Crippen molar-refractivity contribution in [3.8, 4) is 11.1 Å². The average Bonchev–Trinajstić information content (AvgIpc) is 3.33. The van der Waals surface area contributed by atoms with Crippen LogP contribution in [0.3, 0.4) is 0 Å². The number of halogens is 2. The van der Waals surface area contributed by atoms with Crippen molar-refractivity contribution in [2.45, 2.75) is 31.6 Å². The Hall–Kier alpha value is -3.54. The quantitative estimate of drug-likeness (QED) is 0.384. The number of hydrogen-bond donors (Lipinski definition) is 2. The molecule has 2 aromatic heterocycles. The standard InChI is InChI=1S/C27H25F2N3O/c28-20-3-1-2-19(12-20)24-15-30-16-25(24)27(33)32-14-17-4-6-18(7-5-17)22-10-11-31-26-9-8-21(29)13-23(22)26/h1-3,8-13,15-18,30H,4-7,14H2,(H,32,33). The van der Waals surface area contributed by atoms with Crippen molar-refractivity contribution < 1.29 is 13.6 Å². The number of hydrogen-bond acceptors (Lipinski definition) is 2. The second-order valence-corrected chi connectivity index (χ2v) is 8.78. The number of pyridine rings is 1. The van der Waals surface area contributed by atoms with Crippen LogP contribution in [-0.2, 0) is 0 Å². The fraction of sp³-hybridized carbons (Fsp3) is 0.259. The van der Waals surface area contributed by atoms with Crippen LogP contribution in [0.4, 0.5) is 8.78 Å². The van der Waals surface area contributed by atoms with Crippen molar-refractivity contribution in [2.24, 2.45) is 5.92 Å². The molecule has 1 fully saturated rings. The Balaban J connectivity index is 1.21. The van der Waals surface area contributed by atoms with E-state index in [1.807, 2.05) is 6.07 Å². The summed E-state index contributed by atoms with van der Waals surface area (Å²) in [5.41, 5.74) is 3.85. The Kier molecular flexibility index (Phi) is 5.90. The third kappa shape index (κ3) is 4.51. The molecule has 0 aliphatic heterocycles. The van der Waals surface area contributed by atoms with Crippen LogP contribution in [0.15, 0.2) is 67.1 Å². The highest BCUT2D eigenvalue weighted by atomic mass is 19.1. The Morgan fingerprint density at radius 1 is 1.00 bits per heavy atom. The molecule has 2 N–H and O–H groups in total. The zero-order chi connectivity index (χ0) is 22.8. The molecule has 168 valence electrons. The maximum absolute atomic E-state index is 13.8. The van der Waals surface area contributed by atoms with Crippen LogP contribution < -0.4 is 5.32 Å². The number of fused-ring (bicyclic) bond motifs is 1. The molecule has 2 heterocycles. The molecule has 6 heteroatoms. The van der Waals surface area contributed by atoms with Crippen LogP contribution >= 0.6 is 0 Å². The lowest BCUT2D eigenvalue weighted by Gasteiger charge is -2.29. The normalized spacial score (nSPS) is 18.4. The first-order valence-corrected chi connectivity index (χ1v) is 11.3. The third-order valence-electron chi connectivity index (χ3n) is 6.70. The van der Waals surface area contributed by atoms with E-state index in [9.17, 15) is 13.6 Å². The number of aromatic amines is 1. The summed E-state index contributed by atoms with van der Waals surface area (Å²) in [5.74, 6) is 0.0328. The third-order valence-corrected chi connectivity index (χ3v) is 6.70. The van der Waals surface area contributed by atoms with Gasteiger partial charge in [0.1, 0.15) is 11.6 Å². The maximum Gasteiger partial charge on any atom is 0.253 e. The van der Waals surface area contributed by atoms with Crippen molar-refractivity contribution >= 4 is 16.8 Å². The minimum absolute atomic E-state index is 0.159. The van der Waals surface area contributed by atoms with Gasteiger partial charge in [-0.1, -0.05) is 12.1 Å². The number of H-pyrrole nitrogens is 1. The molecule has 4 aromatic rings. The topological polar surface area (TPSA) is 57.8 Å². The molecule has 1 aliphatic rings. The van der Waals surface area contributed by atoms with Crippen LogP contribution in [0.25, 0.3) is 22.0 Å². The van der Waals surface area contributed by atoms with Gasteiger partial charge < -0.3 is 10.3 Å². The van der Waals surface area contributed by atoms with Crippen molar-refractivity contribution in [1.82, 2.24) is 15.3 Å². The van der Waals surface area contributed by atoms with E-state index < -0.39 is 0 Å². The molecule has 33 heavy (non-hydrogen) atoms. The summed E-state index contributed by atoms with van der Waals surface area (Å²) in [6.07, 6.45) is 9.15. The zero-order valence-electron chi connectivity index (χ0n) is 18.2. The van der Waals surface area contributed by atoms with E-state index in [-0.39, 0.29) is 17.5 Å². The van der Waals surface area contributed by atoms with E-state index >= 15 is 0 Å². The molecule has 0 radical (unpaired) electrons. The van der Waals surface area contributed by atoms with E-state index in [0.29, 0.717) is 35.1 Å². The number of aromatic nitrogens is 2. The molecule has 0 spiro atoms. The van der Waals surface area contributed by atoms with Gasteiger partial charge in [-0.25, -0.2) is 8.78 Å². The van der Waals surface area contributed by atoms with Gasteiger partial charge in [-0.2, -0.15) is 0 Å². The molecule has 0 atom stereocenters. The minimum Gasteiger partial charge on any atom is -0.366 e. The van der Waals surface area contributed by atoms with Gasteiger partial charge in [0.25, 0.3) is 5.91 Å². The molecule has 4 nitrogen and oxygen atoms in total. The van der Waals surface area contributed by atoms with E-state index in [2.05, 4.69) is 15.3 Å². The summed E-state index contributed by atoms with van der Waals surface area (Å²) in [5, 5.41) is 3.95. The minimum atomic E-state index is -0.332. The number of amides is 1. The van der Waals surface area contributed by atoms with Gasteiger partial charge >= 0.3 is 0 Å². The van der Waals surface area contributed by atoms with Crippen molar-refractivity contribution in [3.05, 3.63) is 89.9 Å². The first kappa shape index (κ1) is 21.3. The van der Waals surface area contributed by atoms with Gasteiger partial charge in [0.15, 0.2) is 0 Å². The molecule has 2 aromatic carbocycles. The fourth-order valence-corrected chi connectivity index (χ4v) is 4.95. The van der Waals surface area contributed by atoms with Gasteiger partial charge in [-0.15, -0.1) is 0 Å². The highest BCUT2D eigenvalue weighted by Crippen LogP contribution is 2.38. The first-order chi connectivity index (χ1) is 16.1. The monoisotopic (exact) mass is 445 g/mol. The molecular weight excluding hydrogens is 420 g/mol.